The van der Waals surface area contributed by atoms with E-state index in [0.717, 1.165) is 0 Å². The van der Waals surface area contributed by atoms with E-state index in [1.54, 1.807) is 54.9 Å². The van der Waals surface area contributed by atoms with E-state index in [0.29, 0.717) is 33.4 Å². The lowest BCUT2D eigenvalue weighted by molar-refractivity contribution is 0.0734. The zero-order chi connectivity index (χ0) is 17.9. The number of nitrogens with zero attached hydrogens (tertiary/aromatic N) is 2. The van der Waals surface area contributed by atoms with Gasteiger partial charge in [0.05, 0.1) is 22.7 Å². The van der Waals surface area contributed by atoms with Crippen LogP contribution in [0.1, 0.15) is 10.4 Å². The topological polar surface area (TPSA) is 82.3 Å². The number of hydrogen-bond acceptors (Lipinski definition) is 6. The average molecular weight is 344 g/mol. The summed E-state index contributed by atoms with van der Waals surface area (Å²) >= 11 is 0. The Hall–Kier alpha value is -3.80. The average Bonchev–Trinajstić information content (AvgIpc) is 2.70. The zero-order valence-corrected chi connectivity index (χ0v) is 13.5. The fraction of sp³-hybridized carbons (Fsp3) is 0. The van der Waals surface area contributed by atoms with Crippen LogP contribution in [0.4, 0.5) is 0 Å². The van der Waals surface area contributed by atoms with Crippen molar-refractivity contribution in [3.8, 4) is 16.9 Å². The summed E-state index contributed by atoms with van der Waals surface area (Å²) in [4.78, 5) is 32.5. The highest BCUT2D eigenvalue weighted by Crippen LogP contribution is 2.22. The number of ether oxygens (including phenoxy) is 1. The van der Waals surface area contributed by atoms with Gasteiger partial charge in [0.2, 0.25) is 5.43 Å². The molecule has 0 unspecified atom stereocenters. The van der Waals surface area contributed by atoms with Crippen LogP contribution in [0, 0.1) is 0 Å². The molecule has 0 radical (unpaired) electrons. The molecule has 1 aromatic carbocycles. The molecule has 4 rings (SSSR count). The third-order valence-corrected chi connectivity index (χ3v) is 3.85. The van der Waals surface area contributed by atoms with Crippen molar-refractivity contribution < 1.29 is 13.9 Å². The fourth-order valence-corrected chi connectivity index (χ4v) is 2.53. The van der Waals surface area contributed by atoms with Crippen molar-refractivity contribution in [1.29, 1.82) is 0 Å². The van der Waals surface area contributed by atoms with Crippen molar-refractivity contribution in [2.24, 2.45) is 0 Å². The summed E-state index contributed by atoms with van der Waals surface area (Å²) < 4.78 is 10.8. The van der Waals surface area contributed by atoms with Crippen molar-refractivity contribution in [3.05, 3.63) is 89.3 Å². The lowest BCUT2D eigenvalue weighted by Crippen LogP contribution is -2.08. The molecule has 0 fully saturated rings. The number of fused-ring (bicyclic) bond motifs is 1. The lowest BCUT2D eigenvalue weighted by atomic mass is 10.1. The number of carbonyl (C=O) groups excluding carboxylic acids is 1. The van der Waals surface area contributed by atoms with E-state index in [4.69, 9.17) is 9.15 Å². The lowest BCUT2D eigenvalue weighted by Gasteiger charge is -2.06. The minimum Gasteiger partial charge on any atom is -0.462 e. The highest BCUT2D eigenvalue weighted by atomic mass is 16.5. The van der Waals surface area contributed by atoms with Crippen molar-refractivity contribution in [3.63, 3.8) is 0 Å². The van der Waals surface area contributed by atoms with E-state index >= 15 is 0 Å². The van der Waals surface area contributed by atoms with Gasteiger partial charge in [-0.05, 0) is 35.9 Å². The van der Waals surface area contributed by atoms with Crippen LogP contribution in [0.15, 0.2) is 82.7 Å². The van der Waals surface area contributed by atoms with E-state index in [-0.39, 0.29) is 5.43 Å². The Morgan fingerprint density at radius 2 is 1.77 bits per heavy atom. The van der Waals surface area contributed by atoms with E-state index in [9.17, 15) is 9.59 Å². The molecule has 0 saturated carbocycles. The number of hydrogen-bond donors (Lipinski definition) is 0. The number of esters is 1. The molecule has 0 aliphatic heterocycles. The molecule has 26 heavy (non-hydrogen) atoms. The van der Waals surface area contributed by atoms with Crippen molar-refractivity contribution in [2.75, 3.05) is 0 Å². The van der Waals surface area contributed by atoms with Gasteiger partial charge in [-0.1, -0.05) is 12.1 Å². The van der Waals surface area contributed by atoms with Crippen LogP contribution in [0.25, 0.3) is 22.1 Å². The van der Waals surface area contributed by atoms with Crippen LogP contribution < -0.4 is 10.2 Å². The van der Waals surface area contributed by atoms with E-state index in [1.165, 1.54) is 18.7 Å². The van der Waals surface area contributed by atoms with Gasteiger partial charge < -0.3 is 9.15 Å². The van der Waals surface area contributed by atoms with E-state index in [1.807, 2.05) is 0 Å². The standard InChI is InChI=1S/C20H12N2O4/c23-19-16-7-9-22-11-18(16)25-12-17(19)13-3-5-15(6-4-13)26-20(24)14-2-1-8-21-10-14/h1-12H. The number of pyridine rings is 2. The van der Waals surface area contributed by atoms with Gasteiger partial charge in [0, 0.05) is 18.6 Å². The predicted molar refractivity (Wildman–Crippen MR) is 94.9 cm³/mol. The fourth-order valence-electron chi connectivity index (χ4n) is 2.53. The van der Waals surface area contributed by atoms with Gasteiger partial charge in [-0.3, -0.25) is 14.8 Å². The maximum Gasteiger partial charge on any atom is 0.345 e. The molecular formula is C20H12N2O4. The molecule has 6 nitrogen and oxygen atoms in total. The maximum absolute atomic E-state index is 12.6. The van der Waals surface area contributed by atoms with Crippen LogP contribution >= 0.6 is 0 Å². The molecule has 4 aromatic rings. The second kappa shape index (κ2) is 6.60. The van der Waals surface area contributed by atoms with Gasteiger partial charge in [-0.2, -0.15) is 0 Å². The van der Waals surface area contributed by atoms with Gasteiger partial charge in [0.25, 0.3) is 0 Å². The molecule has 0 aliphatic carbocycles. The molecular weight excluding hydrogens is 332 g/mol. The molecule has 0 bridgehead atoms. The quantitative estimate of drug-likeness (QED) is 0.418. The van der Waals surface area contributed by atoms with Crippen LogP contribution in [-0.2, 0) is 0 Å². The van der Waals surface area contributed by atoms with E-state index in [2.05, 4.69) is 9.97 Å². The largest absolute Gasteiger partial charge is 0.462 e. The first kappa shape index (κ1) is 15.7. The molecule has 6 heteroatoms. The summed E-state index contributed by atoms with van der Waals surface area (Å²) in [6, 6.07) is 11.6. The van der Waals surface area contributed by atoms with Crippen LogP contribution in [-0.4, -0.2) is 15.9 Å². The Balaban J connectivity index is 1.61. The first-order valence-corrected chi connectivity index (χ1v) is 7.80. The first-order chi connectivity index (χ1) is 12.7. The Bertz CT molecular complexity index is 1140. The summed E-state index contributed by atoms with van der Waals surface area (Å²) in [5.41, 5.74) is 1.74. The Labute approximate surface area is 147 Å². The zero-order valence-electron chi connectivity index (χ0n) is 13.5. The molecule has 0 N–H and O–H groups in total. The van der Waals surface area contributed by atoms with Gasteiger partial charge in [-0.25, -0.2) is 4.79 Å². The second-order valence-corrected chi connectivity index (χ2v) is 5.51. The summed E-state index contributed by atoms with van der Waals surface area (Å²) in [6.07, 6.45) is 7.47. The van der Waals surface area contributed by atoms with Gasteiger partial charge in [0.15, 0.2) is 5.58 Å². The number of aromatic nitrogens is 2. The second-order valence-electron chi connectivity index (χ2n) is 5.51. The first-order valence-electron chi connectivity index (χ1n) is 7.80. The molecule has 3 aromatic heterocycles. The minimum atomic E-state index is -0.497. The summed E-state index contributed by atoms with van der Waals surface area (Å²) in [5.74, 6) is -0.124. The van der Waals surface area contributed by atoms with Gasteiger partial charge in [-0.15, -0.1) is 0 Å². The minimum absolute atomic E-state index is 0.145. The van der Waals surface area contributed by atoms with Crippen LogP contribution in [0.3, 0.4) is 0 Å². The summed E-state index contributed by atoms with van der Waals surface area (Å²) in [5, 5.41) is 0.463. The molecule has 0 atom stereocenters. The van der Waals surface area contributed by atoms with Gasteiger partial charge >= 0.3 is 5.97 Å². The summed E-state index contributed by atoms with van der Waals surface area (Å²) in [6.45, 7) is 0. The van der Waals surface area contributed by atoms with E-state index < -0.39 is 5.97 Å². The molecule has 3 heterocycles. The third-order valence-electron chi connectivity index (χ3n) is 3.85. The van der Waals surface area contributed by atoms with Crippen molar-refractivity contribution >= 4 is 16.9 Å². The Morgan fingerprint density at radius 3 is 2.54 bits per heavy atom. The molecule has 0 saturated heterocycles. The van der Waals surface area contributed by atoms with Crippen LogP contribution in [0.2, 0.25) is 0 Å². The highest BCUT2D eigenvalue weighted by molar-refractivity contribution is 5.90. The number of carbonyl (C=O) groups is 1. The number of benzene rings is 1. The van der Waals surface area contributed by atoms with Crippen molar-refractivity contribution in [2.45, 2.75) is 0 Å². The molecule has 0 aliphatic rings. The van der Waals surface area contributed by atoms with Crippen LogP contribution in [0.5, 0.6) is 5.75 Å². The maximum atomic E-state index is 12.6. The number of rotatable bonds is 3. The molecule has 126 valence electrons. The smallest absolute Gasteiger partial charge is 0.345 e. The normalized spacial score (nSPS) is 10.6. The molecule has 0 spiro atoms. The molecule has 0 amide bonds. The summed E-state index contributed by atoms with van der Waals surface area (Å²) in [7, 11) is 0. The van der Waals surface area contributed by atoms with Crippen molar-refractivity contribution in [1.82, 2.24) is 9.97 Å². The monoisotopic (exact) mass is 344 g/mol. The Kier molecular flexibility index (Phi) is 3.99. The van der Waals surface area contributed by atoms with Gasteiger partial charge in [0.1, 0.15) is 12.0 Å². The Morgan fingerprint density at radius 1 is 0.962 bits per heavy atom. The highest BCUT2D eigenvalue weighted by Gasteiger charge is 2.11. The third kappa shape index (κ3) is 2.95. The predicted octanol–water partition coefficient (Wildman–Crippen LogP) is 3.47. The SMILES string of the molecule is O=C(Oc1ccc(-c2coc3cnccc3c2=O)cc1)c1cccnc1.